The van der Waals surface area contributed by atoms with Crippen molar-refractivity contribution < 1.29 is 14.7 Å². The molecule has 20 heavy (non-hydrogen) atoms. The number of aliphatic carboxylic acids is 1. The van der Waals surface area contributed by atoms with Crippen molar-refractivity contribution in [2.45, 2.75) is 52.0 Å². The van der Waals surface area contributed by atoms with E-state index < -0.39 is 11.5 Å². The Balaban J connectivity index is 2.14. The lowest BCUT2D eigenvalue weighted by Gasteiger charge is -2.41. The molecule has 2 amide bonds. The predicted octanol–water partition coefficient (Wildman–Crippen LogP) is 2.41. The van der Waals surface area contributed by atoms with E-state index in [1.54, 1.807) is 4.90 Å². The predicted molar refractivity (Wildman–Crippen MR) is 76.5 cm³/mol. The monoisotopic (exact) mass is 282 g/mol. The van der Waals surface area contributed by atoms with Crippen molar-refractivity contribution in [1.29, 1.82) is 0 Å². The van der Waals surface area contributed by atoms with Gasteiger partial charge in [0.15, 0.2) is 0 Å². The van der Waals surface area contributed by atoms with Gasteiger partial charge in [-0.3, -0.25) is 0 Å². The van der Waals surface area contributed by atoms with Crippen molar-refractivity contribution in [3.05, 3.63) is 0 Å². The molecular weight excluding hydrogens is 256 g/mol. The summed E-state index contributed by atoms with van der Waals surface area (Å²) in [6, 6.07) is -0.0782. The maximum atomic E-state index is 12.7. The van der Waals surface area contributed by atoms with Gasteiger partial charge in [0, 0.05) is 19.6 Å². The summed E-state index contributed by atoms with van der Waals surface area (Å²) < 4.78 is 0. The molecule has 0 aromatic heterocycles. The van der Waals surface area contributed by atoms with Crippen LogP contribution >= 0.6 is 0 Å². The normalized spacial score (nSPS) is 34.4. The van der Waals surface area contributed by atoms with Crippen LogP contribution in [0.2, 0.25) is 0 Å². The molecule has 1 N–H and O–H groups in total. The van der Waals surface area contributed by atoms with Crippen LogP contribution in [0.25, 0.3) is 0 Å². The Bertz CT molecular complexity index is 399. The van der Waals surface area contributed by atoms with Crippen LogP contribution in [0, 0.1) is 11.8 Å². The first-order chi connectivity index (χ1) is 9.42. The third kappa shape index (κ3) is 2.38. The lowest BCUT2D eigenvalue weighted by atomic mass is 9.88. The summed E-state index contributed by atoms with van der Waals surface area (Å²) in [5.41, 5.74) is -0.983. The van der Waals surface area contributed by atoms with Crippen LogP contribution in [0.5, 0.6) is 0 Å². The molecule has 0 aliphatic carbocycles. The first-order valence-corrected chi connectivity index (χ1v) is 7.72. The molecule has 2 saturated heterocycles. The highest BCUT2D eigenvalue weighted by Gasteiger charge is 2.49. The first kappa shape index (κ1) is 15.1. The molecule has 0 saturated carbocycles. The molecule has 2 aliphatic heterocycles. The summed E-state index contributed by atoms with van der Waals surface area (Å²) in [7, 11) is 0. The van der Waals surface area contributed by atoms with E-state index in [0.29, 0.717) is 31.2 Å². The highest BCUT2D eigenvalue weighted by molar-refractivity contribution is 5.87. The Kier molecular flexibility index (Phi) is 4.25. The largest absolute Gasteiger partial charge is 0.479 e. The van der Waals surface area contributed by atoms with Gasteiger partial charge < -0.3 is 14.9 Å². The van der Waals surface area contributed by atoms with Crippen molar-refractivity contribution >= 4 is 12.0 Å². The zero-order valence-electron chi connectivity index (χ0n) is 12.8. The molecule has 3 unspecified atom stereocenters. The molecule has 2 rings (SSSR count). The van der Waals surface area contributed by atoms with Crippen molar-refractivity contribution in [2.24, 2.45) is 11.8 Å². The Hall–Kier alpha value is -1.26. The number of carbonyl (C=O) groups is 2. The van der Waals surface area contributed by atoms with Crippen molar-refractivity contribution in [2.75, 3.05) is 19.6 Å². The van der Waals surface area contributed by atoms with Crippen LogP contribution in [0.4, 0.5) is 4.79 Å². The van der Waals surface area contributed by atoms with Gasteiger partial charge >= 0.3 is 12.0 Å². The molecule has 3 atom stereocenters. The molecule has 0 radical (unpaired) electrons. The Labute approximate surface area is 120 Å². The molecule has 5 nitrogen and oxygen atoms in total. The molecule has 114 valence electrons. The van der Waals surface area contributed by atoms with Crippen molar-refractivity contribution in [1.82, 2.24) is 9.80 Å². The second kappa shape index (κ2) is 5.62. The third-order valence-corrected chi connectivity index (χ3v) is 5.31. The van der Waals surface area contributed by atoms with E-state index in [-0.39, 0.29) is 6.03 Å². The zero-order chi connectivity index (χ0) is 14.9. The fraction of sp³-hybridized carbons (Fsp3) is 0.867. The van der Waals surface area contributed by atoms with Gasteiger partial charge in [-0.2, -0.15) is 0 Å². The van der Waals surface area contributed by atoms with E-state index in [2.05, 4.69) is 13.8 Å². The Morgan fingerprint density at radius 2 is 1.95 bits per heavy atom. The second-order valence-electron chi connectivity index (χ2n) is 6.42. The van der Waals surface area contributed by atoms with Gasteiger partial charge in [0.25, 0.3) is 0 Å². The number of carboxylic acids is 1. The number of urea groups is 1. The highest BCUT2D eigenvalue weighted by atomic mass is 16.4. The average molecular weight is 282 g/mol. The highest BCUT2D eigenvalue weighted by Crippen LogP contribution is 2.34. The molecule has 0 aromatic rings. The minimum Gasteiger partial charge on any atom is -0.479 e. The second-order valence-corrected chi connectivity index (χ2v) is 6.42. The lowest BCUT2D eigenvalue weighted by molar-refractivity contribution is -0.148. The smallest absolute Gasteiger partial charge is 0.329 e. The summed E-state index contributed by atoms with van der Waals surface area (Å²) in [6.07, 6.45) is 2.84. The van der Waals surface area contributed by atoms with Gasteiger partial charge in [-0.05, 0) is 37.5 Å². The fourth-order valence-electron chi connectivity index (χ4n) is 3.51. The number of rotatable bonds is 2. The van der Waals surface area contributed by atoms with E-state index in [1.165, 1.54) is 0 Å². The number of carboxylic acid groups (broad SMARTS) is 1. The van der Waals surface area contributed by atoms with Crippen LogP contribution in [0.1, 0.15) is 46.5 Å². The maximum Gasteiger partial charge on any atom is 0.329 e. The van der Waals surface area contributed by atoms with Crippen LogP contribution in [-0.4, -0.2) is 52.1 Å². The van der Waals surface area contributed by atoms with E-state index >= 15 is 0 Å². The minimum absolute atomic E-state index is 0.0782. The number of likely N-dealkylation sites (tertiary alicyclic amines) is 2. The molecular formula is C15H26N2O3. The van der Waals surface area contributed by atoms with E-state index in [4.69, 9.17) is 0 Å². The number of hydrogen-bond donors (Lipinski definition) is 1. The molecule has 2 heterocycles. The van der Waals surface area contributed by atoms with E-state index in [0.717, 1.165) is 25.9 Å². The average Bonchev–Trinajstić information content (AvgIpc) is 2.86. The Morgan fingerprint density at radius 1 is 1.25 bits per heavy atom. The van der Waals surface area contributed by atoms with Gasteiger partial charge in [-0.25, -0.2) is 9.59 Å². The summed E-state index contributed by atoms with van der Waals surface area (Å²) in [5, 5.41) is 9.56. The van der Waals surface area contributed by atoms with Gasteiger partial charge in [0.05, 0.1) is 0 Å². The number of piperidine rings is 1. The first-order valence-electron chi connectivity index (χ1n) is 7.72. The van der Waals surface area contributed by atoms with E-state index in [1.807, 2.05) is 11.8 Å². The van der Waals surface area contributed by atoms with Crippen LogP contribution in [0.15, 0.2) is 0 Å². The molecule has 5 heteroatoms. The standard InChI is InChI=1S/C15H26N2O3/c1-4-15(13(18)19)7-5-8-17(15)14(20)16-9-6-11(2)12(3)10-16/h11-12H,4-10H2,1-3H3,(H,18,19). The van der Waals surface area contributed by atoms with Gasteiger partial charge in [0.1, 0.15) is 5.54 Å². The maximum absolute atomic E-state index is 12.7. The third-order valence-electron chi connectivity index (χ3n) is 5.31. The number of amides is 2. The summed E-state index contributed by atoms with van der Waals surface area (Å²) in [6.45, 7) is 8.31. The topological polar surface area (TPSA) is 60.9 Å². The zero-order valence-corrected chi connectivity index (χ0v) is 12.8. The SMILES string of the molecule is CCC1(C(=O)O)CCCN1C(=O)N1CCC(C)C(C)C1. The number of hydrogen-bond acceptors (Lipinski definition) is 2. The molecule has 2 fully saturated rings. The van der Waals surface area contributed by atoms with Gasteiger partial charge in [0.2, 0.25) is 0 Å². The number of carbonyl (C=O) groups excluding carboxylic acids is 1. The Morgan fingerprint density at radius 3 is 2.50 bits per heavy atom. The van der Waals surface area contributed by atoms with Crippen LogP contribution < -0.4 is 0 Å². The summed E-state index contributed by atoms with van der Waals surface area (Å²) in [4.78, 5) is 27.8. The number of nitrogens with zero attached hydrogens (tertiary/aromatic N) is 2. The van der Waals surface area contributed by atoms with E-state index in [9.17, 15) is 14.7 Å². The summed E-state index contributed by atoms with van der Waals surface area (Å²) in [5.74, 6) is 0.258. The lowest BCUT2D eigenvalue weighted by Crippen LogP contribution is -2.58. The van der Waals surface area contributed by atoms with Crippen molar-refractivity contribution in [3.8, 4) is 0 Å². The van der Waals surface area contributed by atoms with Gasteiger partial charge in [-0.15, -0.1) is 0 Å². The molecule has 0 aromatic carbocycles. The summed E-state index contributed by atoms with van der Waals surface area (Å²) >= 11 is 0. The quantitative estimate of drug-likeness (QED) is 0.846. The molecule has 2 aliphatic rings. The molecule has 0 spiro atoms. The fourth-order valence-corrected chi connectivity index (χ4v) is 3.51. The minimum atomic E-state index is -0.983. The van der Waals surface area contributed by atoms with Crippen LogP contribution in [0.3, 0.4) is 0 Å². The molecule has 0 bridgehead atoms. The van der Waals surface area contributed by atoms with Gasteiger partial charge in [-0.1, -0.05) is 20.8 Å². The van der Waals surface area contributed by atoms with Crippen molar-refractivity contribution in [3.63, 3.8) is 0 Å². The van der Waals surface area contributed by atoms with Crippen LogP contribution in [-0.2, 0) is 4.79 Å².